The summed E-state index contributed by atoms with van der Waals surface area (Å²) in [5, 5.41) is 19.2. The molecule has 0 saturated carbocycles. The van der Waals surface area contributed by atoms with Crippen molar-refractivity contribution in [3.8, 4) is 11.1 Å². The summed E-state index contributed by atoms with van der Waals surface area (Å²) in [6, 6.07) is 24.8. The van der Waals surface area contributed by atoms with Crippen LogP contribution in [0.5, 0.6) is 0 Å². The minimum atomic E-state index is -0.481. The normalized spacial score (nSPS) is 24.8. The Hall–Kier alpha value is -2.58. The van der Waals surface area contributed by atoms with E-state index in [-0.39, 0.29) is 31.5 Å². The summed E-state index contributed by atoms with van der Waals surface area (Å²) in [4.78, 5) is 2.35. The van der Waals surface area contributed by atoms with Gasteiger partial charge in [-0.25, -0.2) is 0 Å². The van der Waals surface area contributed by atoms with Crippen molar-refractivity contribution in [3.05, 3.63) is 95.1 Å². The van der Waals surface area contributed by atoms with Gasteiger partial charge in [0.15, 0.2) is 6.29 Å². The first-order chi connectivity index (χ1) is 17.7. The molecule has 0 aliphatic carbocycles. The Morgan fingerprint density at radius 3 is 2.36 bits per heavy atom. The van der Waals surface area contributed by atoms with Crippen LogP contribution in [0, 0.1) is 0 Å². The summed E-state index contributed by atoms with van der Waals surface area (Å²) in [7, 11) is 0. The number of ether oxygens (including phenoxy) is 2. The quantitative estimate of drug-likeness (QED) is 0.438. The third-order valence-corrected chi connectivity index (χ3v) is 7.44. The molecule has 3 aromatic carbocycles. The van der Waals surface area contributed by atoms with Gasteiger partial charge in [0.05, 0.1) is 25.4 Å². The minimum Gasteiger partial charge on any atom is -0.395 e. The van der Waals surface area contributed by atoms with Crippen molar-refractivity contribution >= 4 is 0 Å². The first-order valence-corrected chi connectivity index (χ1v) is 12.9. The molecule has 36 heavy (non-hydrogen) atoms. The maximum atomic E-state index is 9.79. The third-order valence-electron chi connectivity index (χ3n) is 7.44. The second kappa shape index (κ2) is 11.6. The van der Waals surface area contributed by atoms with Crippen LogP contribution in [0.3, 0.4) is 0 Å². The highest BCUT2D eigenvalue weighted by atomic mass is 16.7. The van der Waals surface area contributed by atoms with Gasteiger partial charge >= 0.3 is 0 Å². The van der Waals surface area contributed by atoms with E-state index in [4.69, 9.17) is 15.2 Å². The number of rotatable bonds is 8. The molecule has 0 radical (unpaired) electrons. The van der Waals surface area contributed by atoms with Gasteiger partial charge in [-0.05, 0) is 53.3 Å². The van der Waals surface area contributed by atoms with Crippen LogP contribution in [-0.2, 0) is 22.6 Å². The minimum absolute atomic E-state index is 0.0145. The average Bonchev–Trinajstić information content (AvgIpc) is 3.40. The first kappa shape index (κ1) is 25.1. The molecule has 2 heterocycles. The number of nitrogens with two attached hydrogens (primary N) is 1. The maximum absolute atomic E-state index is 9.79. The Morgan fingerprint density at radius 2 is 1.64 bits per heavy atom. The van der Waals surface area contributed by atoms with Gasteiger partial charge in [0.1, 0.15) is 0 Å². The number of hydrogen-bond acceptors (Lipinski definition) is 6. The van der Waals surface area contributed by atoms with E-state index in [0.717, 1.165) is 65.7 Å². The van der Waals surface area contributed by atoms with Gasteiger partial charge in [-0.15, -0.1) is 0 Å². The summed E-state index contributed by atoms with van der Waals surface area (Å²) in [5.41, 5.74) is 12.1. The Labute approximate surface area is 213 Å². The monoisotopic (exact) mass is 488 g/mol. The lowest BCUT2D eigenvalue weighted by Gasteiger charge is -2.38. The number of nitrogens with zero attached hydrogens (tertiary/aromatic N) is 1. The van der Waals surface area contributed by atoms with Gasteiger partial charge in [-0.3, -0.25) is 4.90 Å². The van der Waals surface area contributed by atoms with Gasteiger partial charge < -0.3 is 25.4 Å². The lowest BCUT2D eigenvalue weighted by Crippen LogP contribution is -2.42. The first-order valence-electron chi connectivity index (χ1n) is 12.9. The molecule has 2 fully saturated rings. The molecule has 2 saturated heterocycles. The molecule has 5 rings (SSSR count). The van der Waals surface area contributed by atoms with Crippen LogP contribution in [0.1, 0.15) is 53.9 Å². The molecule has 190 valence electrons. The SMILES string of the molecule is NCc1cccc(-c2ccc([C@H]3O[C@@H](CN4CCC[C@@H]4CO)C[C@@H](c4ccc(CO)cc4)O3)cc2)c1. The van der Waals surface area contributed by atoms with Crippen molar-refractivity contribution in [2.24, 2.45) is 5.73 Å². The second-order valence-corrected chi connectivity index (χ2v) is 9.85. The number of likely N-dealkylation sites (tertiary alicyclic amines) is 1. The van der Waals surface area contributed by atoms with E-state index in [9.17, 15) is 10.2 Å². The summed E-state index contributed by atoms with van der Waals surface area (Å²) < 4.78 is 13.0. The molecule has 4 atom stereocenters. The van der Waals surface area contributed by atoms with Crippen molar-refractivity contribution in [2.75, 3.05) is 19.7 Å². The van der Waals surface area contributed by atoms with E-state index in [1.54, 1.807) is 0 Å². The van der Waals surface area contributed by atoms with E-state index >= 15 is 0 Å². The molecule has 6 heteroatoms. The van der Waals surface area contributed by atoms with E-state index in [1.807, 2.05) is 36.4 Å². The maximum Gasteiger partial charge on any atom is 0.184 e. The van der Waals surface area contributed by atoms with Crippen LogP contribution in [-0.4, -0.2) is 47.0 Å². The Kier molecular flexibility index (Phi) is 8.12. The number of aliphatic hydroxyl groups is 2. The summed E-state index contributed by atoms with van der Waals surface area (Å²) in [6.45, 7) is 2.50. The number of benzene rings is 3. The highest BCUT2D eigenvalue weighted by molar-refractivity contribution is 5.64. The number of hydrogen-bond donors (Lipinski definition) is 3. The van der Waals surface area contributed by atoms with Crippen molar-refractivity contribution < 1.29 is 19.7 Å². The highest BCUT2D eigenvalue weighted by Crippen LogP contribution is 2.39. The van der Waals surface area contributed by atoms with Gasteiger partial charge in [0.2, 0.25) is 0 Å². The zero-order valence-electron chi connectivity index (χ0n) is 20.6. The molecule has 0 bridgehead atoms. The Bertz CT molecular complexity index is 1120. The fraction of sp³-hybridized carbons (Fsp3) is 0.400. The molecule has 2 aliphatic rings. The molecule has 0 amide bonds. The van der Waals surface area contributed by atoms with Gasteiger partial charge in [0.25, 0.3) is 0 Å². The summed E-state index contributed by atoms with van der Waals surface area (Å²) in [6.07, 6.45) is 2.27. The molecule has 2 aliphatic heterocycles. The average molecular weight is 489 g/mol. The molecule has 6 nitrogen and oxygen atoms in total. The molecule has 0 unspecified atom stereocenters. The highest BCUT2D eigenvalue weighted by Gasteiger charge is 2.35. The Balaban J connectivity index is 1.37. The predicted molar refractivity (Wildman–Crippen MR) is 140 cm³/mol. The van der Waals surface area contributed by atoms with Crippen LogP contribution in [0.15, 0.2) is 72.8 Å². The molecule has 3 aromatic rings. The van der Waals surface area contributed by atoms with Gasteiger partial charge in [0, 0.05) is 31.1 Å². The summed E-state index contributed by atoms with van der Waals surface area (Å²) in [5.74, 6) is 0. The van der Waals surface area contributed by atoms with Crippen LogP contribution in [0.2, 0.25) is 0 Å². The third kappa shape index (κ3) is 5.70. The van der Waals surface area contributed by atoms with E-state index in [2.05, 4.69) is 41.3 Å². The molecule has 0 aromatic heterocycles. The smallest absolute Gasteiger partial charge is 0.184 e. The lowest BCUT2D eigenvalue weighted by atomic mass is 9.99. The van der Waals surface area contributed by atoms with Crippen molar-refractivity contribution in [1.29, 1.82) is 0 Å². The zero-order valence-corrected chi connectivity index (χ0v) is 20.6. The second-order valence-electron chi connectivity index (χ2n) is 9.85. The van der Waals surface area contributed by atoms with Crippen molar-refractivity contribution in [1.82, 2.24) is 4.90 Å². The fourth-order valence-corrected chi connectivity index (χ4v) is 5.35. The fourth-order valence-electron chi connectivity index (χ4n) is 5.35. The van der Waals surface area contributed by atoms with E-state index < -0.39 is 6.29 Å². The van der Waals surface area contributed by atoms with Crippen LogP contribution in [0.25, 0.3) is 11.1 Å². The molecule has 4 N–H and O–H groups in total. The standard InChI is InChI=1S/C30H36N2O4/c31-17-22-3-1-4-26(15-22)23-10-12-25(13-11-23)30-35-28(18-32-14-2-5-27(32)20-34)16-29(36-30)24-8-6-21(19-33)7-9-24/h1,3-4,6-13,15,27-30,33-34H,2,5,14,16-20,31H2/t27-,28-,29+,30+/m1/s1. The predicted octanol–water partition coefficient (Wildman–Crippen LogP) is 4.31. The summed E-state index contributed by atoms with van der Waals surface area (Å²) >= 11 is 0. The van der Waals surface area contributed by atoms with E-state index in [1.165, 1.54) is 0 Å². The zero-order chi connectivity index (χ0) is 24.9. The van der Waals surface area contributed by atoms with Crippen molar-refractivity contribution in [3.63, 3.8) is 0 Å². The van der Waals surface area contributed by atoms with Crippen LogP contribution >= 0.6 is 0 Å². The van der Waals surface area contributed by atoms with Gasteiger partial charge in [-0.2, -0.15) is 0 Å². The van der Waals surface area contributed by atoms with Gasteiger partial charge in [-0.1, -0.05) is 66.7 Å². The molecular weight excluding hydrogens is 452 g/mol. The largest absolute Gasteiger partial charge is 0.395 e. The van der Waals surface area contributed by atoms with E-state index in [0.29, 0.717) is 6.54 Å². The Morgan fingerprint density at radius 1 is 0.861 bits per heavy atom. The molecular formula is C30H36N2O4. The van der Waals surface area contributed by atoms with Crippen LogP contribution in [0.4, 0.5) is 0 Å². The van der Waals surface area contributed by atoms with Crippen LogP contribution < -0.4 is 5.73 Å². The number of aliphatic hydroxyl groups excluding tert-OH is 2. The molecule has 0 spiro atoms. The van der Waals surface area contributed by atoms with Crippen molar-refractivity contribution in [2.45, 2.75) is 57.0 Å². The topological polar surface area (TPSA) is 88.2 Å². The lowest BCUT2D eigenvalue weighted by molar-refractivity contribution is -0.253.